The number of fused-ring (bicyclic) bond motifs is 1. The van der Waals surface area contributed by atoms with Crippen LogP contribution in [0.3, 0.4) is 0 Å². The van der Waals surface area contributed by atoms with Crippen LogP contribution < -0.4 is 21.7 Å². The second-order valence-electron chi connectivity index (χ2n) is 10.9. The third kappa shape index (κ3) is 8.31. The first kappa shape index (κ1) is 31.2. The summed E-state index contributed by atoms with van der Waals surface area (Å²) in [4.78, 5) is 54.6. The number of nitrogens with one attached hydrogen (secondary N) is 4. The van der Waals surface area contributed by atoms with Crippen LogP contribution in [0.4, 0.5) is 0 Å². The standard InChI is InChI=1S/C30H39N5O6/c1-16(2)25(34-27(37)22(31)14-19-15-32-23-8-6-5-7-21(19)23)29(39)33-24(13-18-9-11-20(36)12-10-18)28(38)35-26(17(3)4)30(40)41/h5-12,15-17,22,24-26,32,36H,13-14,31H2,1-4H3,(H,33,39)(H,34,37)(H,35,38)(H,40,41). The molecule has 3 amide bonds. The van der Waals surface area contributed by atoms with E-state index >= 15 is 0 Å². The molecule has 0 saturated carbocycles. The topological polar surface area (TPSA) is 187 Å². The first-order valence-corrected chi connectivity index (χ1v) is 13.6. The quantitative estimate of drug-likeness (QED) is 0.165. The van der Waals surface area contributed by atoms with Gasteiger partial charge < -0.3 is 36.9 Å². The molecular weight excluding hydrogens is 526 g/mol. The van der Waals surface area contributed by atoms with Crippen molar-refractivity contribution in [3.05, 3.63) is 65.9 Å². The van der Waals surface area contributed by atoms with Gasteiger partial charge in [0.15, 0.2) is 0 Å². The van der Waals surface area contributed by atoms with Crippen molar-refractivity contribution >= 4 is 34.6 Å². The molecule has 11 nitrogen and oxygen atoms in total. The van der Waals surface area contributed by atoms with Gasteiger partial charge in [-0.2, -0.15) is 0 Å². The molecule has 3 rings (SSSR count). The van der Waals surface area contributed by atoms with Gasteiger partial charge in [0.25, 0.3) is 0 Å². The number of hydrogen-bond donors (Lipinski definition) is 7. The average Bonchev–Trinajstić information content (AvgIpc) is 3.32. The van der Waals surface area contributed by atoms with E-state index in [9.17, 15) is 29.4 Å². The number of carboxylic acids is 1. The lowest BCUT2D eigenvalue weighted by atomic mass is 9.99. The zero-order chi connectivity index (χ0) is 30.3. The first-order valence-electron chi connectivity index (χ1n) is 13.6. The lowest BCUT2D eigenvalue weighted by Crippen LogP contribution is -2.59. The summed E-state index contributed by atoms with van der Waals surface area (Å²) < 4.78 is 0. The molecule has 0 fully saturated rings. The van der Waals surface area contributed by atoms with E-state index in [-0.39, 0.29) is 24.5 Å². The smallest absolute Gasteiger partial charge is 0.326 e. The van der Waals surface area contributed by atoms with Gasteiger partial charge in [-0.25, -0.2) is 4.79 Å². The van der Waals surface area contributed by atoms with Crippen LogP contribution in [-0.4, -0.2) is 63.1 Å². The first-order chi connectivity index (χ1) is 19.4. The number of H-pyrrole nitrogens is 1. The molecule has 4 atom stereocenters. The molecule has 0 aliphatic heterocycles. The molecule has 2 aromatic carbocycles. The number of aromatic amines is 1. The van der Waals surface area contributed by atoms with E-state index in [1.807, 2.05) is 24.3 Å². The summed E-state index contributed by atoms with van der Waals surface area (Å²) in [5.74, 6) is -3.72. The molecule has 8 N–H and O–H groups in total. The highest BCUT2D eigenvalue weighted by molar-refractivity contribution is 5.94. The van der Waals surface area contributed by atoms with Crippen molar-refractivity contribution in [2.45, 2.75) is 64.7 Å². The van der Waals surface area contributed by atoms with E-state index in [2.05, 4.69) is 20.9 Å². The van der Waals surface area contributed by atoms with Gasteiger partial charge in [-0.15, -0.1) is 0 Å². The molecule has 0 bridgehead atoms. The number of carbonyl (C=O) groups excluding carboxylic acids is 3. The molecule has 0 radical (unpaired) electrons. The summed E-state index contributed by atoms with van der Waals surface area (Å²) in [5, 5.41) is 28.0. The Morgan fingerprint density at radius 1 is 0.805 bits per heavy atom. The van der Waals surface area contributed by atoms with Crippen LogP contribution in [0.15, 0.2) is 54.7 Å². The summed E-state index contributed by atoms with van der Waals surface area (Å²) in [6, 6.07) is 9.52. The Hall–Kier alpha value is -4.38. The van der Waals surface area contributed by atoms with Crippen molar-refractivity contribution in [3.8, 4) is 5.75 Å². The number of aliphatic carboxylic acids is 1. The summed E-state index contributed by atoms with van der Waals surface area (Å²) >= 11 is 0. The maximum absolute atomic E-state index is 13.4. The lowest BCUT2D eigenvalue weighted by molar-refractivity contribution is -0.143. The number of nitrogens with two attached hydrogens (primary N) is 1. The monoisotopic (exact) mass is 565 g/mol. The van der Waals surface area contributed by atoms with E-state index in [0.29, 0.717) is 5.56 Å². The van der Waals surface area contributed by atoms with Crippen molar-refractivity contribution in [1.82, 2.24) is 20.9 Å². The number of amides is 3. The highest BCUT2D eigenvalue weighted by Crippen LogP contribution is 2.19. The minimum atomic E-state index is -1.19. The highest BCUT2D eigenvalue weighted by atomic mass is 16.4. The Morgan fingerprint density at radius 3 is 2.02 bits per heavy atom. The van der Waals surface area contributed by atoms with E-state index in [4.69, 9.17) is 5.73 Å². The van der Waals surface area contributed by atoms with E-state index < -0.39 is 53.8 Å². The molecule has 0 saturated heterocycles. The number of phenols is 1. The molecular formula is C30H39N5O6. The number of rotatable bonds is 13. The van der Waals surface area contributed by atoms with E-state index in [1.54, 1.807) is 46.0 Å². The Morgan fingerprint density at radius 2 is 1.41 bits per heavy atom. The lowest BCUT2D eigenvalue weighted by Gasteiger charge is -2.27. The minimum Gasteiger partial charge on any atom is -0.508 e. The predicted molar refractivity (Wildman–Crippen MR) is 155 cm³/mol. The number of benzene rings is 2. The SMILES string of the molecule is CC(C)C(NC(=O)C(Cc1ccc(O)cc1)NC(=O)C(NC(=O)C(N)Cc1c[nH]c2ccccc12)C(C)C)C(=O)O. The second kappa shape index (κ2) is 13.8. The van der Waals surface area contributed by atoms with Gasteiger partial charge in [0, 0.05) is 23.5 Å². The van der Waals surface area contributed by atoms with Crippen LogP contribution >= 0.6 is 0 Å². The van der Waals surface area contributed by atoms with Gasteiger partial charge in [-0.1, -0.05) is 58.0 Å². The molecule has 220 valence electrons. The van der Waals surface area contributed by atoms with Crippen LogP contribution in [0.25, 0.3) is 10.9 Å². The van der Waals surface area contributed by atoms with Gasteiger partial charge in [-0.05, 0) is 47.6 Å². The van der Waals surface area contributed by atoms with Gasteiger partial charge >= 0.3 is 5.97 Å². The van der Waals surface area contributed by atoms with Crippen molar-refractivity contribution in [1.29, 1.82) is 0 Å². The summed E-state index contributed by atoms with van der Waals surface area (Å²) in [7, 11) is 0. The van der Waals surface area contributed by atoms with Gasteiger partial charge in [-0.3, -0.25) is 14.4 Å². The second-order valence-corrected chi connectivity index (χ2v) is 10.9. The average molecular weight is 566 g/mol. The third-order valence-electron chi connectivity index (χ3n) is 6.94. The molecule has 3 aromatic rings. The predicted octanol–water partition coefficient (Wildman–Crippen LogP) is 1.84. The summed E-state index contributed by atoms with van der Waals surface area (Å²) in [6.45, 7) is 6.83. The van der Waals surface area contributed by atoms with E-state index in [0.717, 1.165) is 16.5 Å². The number of carbonyl (C=O) groups is 4. The maximum Gasteiger partial charge on any atom is 0.326 e. The van der Waals surface area contributed by atoms with Crippen molar-refractivity contribution < 1.29 is 29.4 Å². The fraction of sp³-hybridized carbons (Fsp3) is 0.400. The molecule has 0 aliphatic rings. The van der Waals surface area contributed by atoms with Crippen molar-refractivity contribution in [2.24, 2.45) is 17.6 Å². The van der Waals surface area contributed by atoms with Crippen LogP contribution in [0.1, 0.15) is 38.8 Å². The van der Waals surface area contributed by atoms with Crippen LogP contribution in [0.5, 0.6) is 5.75 Å². The zero-order valence-electron chi connectivity index (χ0n) is 23.7. The number of carboxylic acid groups (broad SMARTS) is 1. The minimum absolute atomic E-state index is 0.0289. The fourth-order valence-corrected chi connectivity index (χ4v) is 4.53. The summed E-state index contributed by atoms with van der Waals surface area (Å²) in [6.07, 6.45) is 2.08. The van der Waals surface area contributed by atoms with Crippen LogP contribution in [0, 0.1) is 11.8 Å². The molecule has 11 heteroatoms. The fourth-order valence-electron chi connectivity index (χ4n) is 4.53. The van der Waals surface area contributed by atoms with Crippen molar-refractivity contribution in [3.63, 3.8) is 0 Å². The van der Waals surface area contributed by atoms with Crippen molar-refractivity contribution in [2.75, 3.05) is 0 Å². The zero-order valence-corrected chi connectivity index (χ0v) is 23.7. The molecule has 4 unspecified atom stereocenters. The van der Waals surface area contributed by atoms with Gasteiger partial charge in [0.1, 0.15) is 23.9 Å². The number of aromatic hydroxyl groups is 1. The Balaban J connectivity index is 1.75. The number of aromatic nitrogens is 1. The molecule has 1 aromatic heterocycles. The Bertz CT molecular complexity index is 1370. The largest absolute Gasteiger partial charge is 0.508 e. The molecule has 1 heterocycles. The molecule has 41 heavy (non-hydrogen) atoms. The number of para-hydroxylation sites is 1. The molecule has 0 aliphatic carbocycles. The number of phenolic OH excluding ortho intramolecular Hbond substituents is 1. The molecule has 0 spiro atoms. The highest BCUT2D eigenvalue weighted by Gasteiger charge is 2.32. The van der Waals surface area contributed by atoms with Gasteiger partial charge in [0.05, 0.1) is 6.04 Å². The van der Waals surface area contributed by atoms with E-state index in [1.165, 1.54) is 12.1 Å². The Labute approximate surface area is 238 Å². The number of hydrogen-bond acceptors (Lipinski definition) is 6. The maximum atomic E-state index is 13.4. The Kier molecular flexibility index (Phi) is 10.5. The summed E-state index contributed by atoms with van der Waals surface area (Å²) in [5.41, 5.74) is 8.65. The third-order valence-corrected chi connectivity index (χ3v) is 6.94. The van der Waals surface area contributed by atoms with Crippen LogP contribution in [-0.2, 0) is 32.0 Å². The normalized spacial score (nSPS) is 14.3. The van der Waals surface area contributed by atoms with Crippen LogP contribution in [0.2, 0.25) is 0 Å². The van der Waals surface area contributed by atoms with Gasteiger partial charge in [0.2, 0.25) is 17.7 Å².